The number of carbonyl (C=O) groups is 1. The first-order valence-electron chi connectivity index (χ1n) is 9.47. The molecule has 5 heteroatoms. The quantitative estimate of drug-likeness (QED) is 0.837. The first kappa shape index (κ1) is 18.4. The number of hydrogen-bond acceptors (Lipinski definition) is 4. The Morgan fingerprint density at radius 2 is 2.00 bits per heavy atom. The van der Waals surface area contributed by atoms with E-state index in [-0.39, 0.29) is 5.91 Å². The van der Waals surface area contributed by atoms with E-state index in [2.05, 4.69) is 35.9 Å². The van der Waals surface area contributed by atoms with Crippen LogP contribution in [0, 0.1) is 6.92 Å². The van der Waals surface area contributed by atoms with Crippen molar-refractivity contribution in [2.45, 2.75) is 46.1 Å². The fraction of sp³-hybridized carbons (Fsp3) is 0.476. The van der Waals surface area contributed by atoms with Crippen LogP contribution in [0.2, 0.25) is 0 Å². The van der Waals surface area contributed by atoms with Crippen LogP contribution in [0.15, 0.2) is 30.5 Å². The van der Waals surface area contributed by atoms with E-state index in [1.807, 2.05) is 26.1 Å². The normalized spacial score (nSPS) is 17.2. The molecule has 0 aliphatic carbocycles. The molecule has 1 unspecified atom stereocenters. The summed E-state index contributed by atoms with van der Waals surface area (Å²) in [4.78, 5) is 26.2. The standard InChI is InChI=1S/C21H28N4O/c1-5-24(4)21(26)18-14-22-19(17-11-9-15(2)10-12-17)23-20(18)25-13-7-6-8-16(25)3/h9-12,14,16H,5-8,13H2,1-4H3. The average molecular weight is 352 g/mol. The van der Waals surface area contributed by atoms with E-state index in [9.17, 15) is 4.79 Å². The van der Waals surface area contributed by atoms with Crippen molar-refractivity contribution >= 4 is 11.7 Å². The molecule has 1 saturated heterocycles. The van der Waals surface area contributed by atoms with Gasteiger partial charge in [-0.1, -0.05) is 29.8 Å². The second-order valence-electron chi connectivity index (χ2n) is 7.15. The average Bonchev–Trinajstić information content (AvgIpc) is 2.67. The maximum Gasteiger partial charge on any atom is 0.258 e. The summed E-state index contributed by atoms with van der Waals surface area (Å²) in [6, 6.07) is 8.57. The summed E-state index contributed by atoms with van der Waals surface area (Å²) in [7, 11) is 1.82. The number of hydrogen-bond donors (Lipinski definition) is 0. The number of benzene rings is 1. The van der Waals surface area contributed by atoms with Gasteiger partial charge in [-0.05, 0) is 40.0 Å². The van der Waals surface area contributed by atoms with E-state index in [1.165, 1.54) is 12.0 Å². The first-order chi connectivity index (χ1) is 12.5. The van der Waals surface area contributed by atoms with Crippen LogP contribution < -0.4 is 4.90 Å². The molecule has 1 aromatic carbocycles. The van der Waals surface area contributed by atoms with Crippen molar-refractivity contribution in [2.24, 2.45) is 0 Å². The number of anilines is 1. The first-order valence-corrected chi connectivity index (χ1v) is 9.47. The molecule has 0 N–H and O–H groups in total. The topological polar surface area (TPSA) is 49.3 Å². The minimum atomic E-state index is -0.0178. The summed E-state index contributed by atoms with van der Waals surface area (Å²) in [5.74, 6) is 1.43. The largest absolute Gasteiger partial charge is 0.353 e. The second-order valence-corrected chi connectivity index (χ2v) is 7.15. The molecule has 1 aliphatic rings. The number of aryl methyl sites for hydroxylation is 1. The number of rotatable bonds is 4. The lowest BCUT2D eigenvalue weighted by Gasteiger charge is -2.35. The molecule has 1 atom stereocenters. The summed E-state index contributed by atoms with van der Waals surface area (Å²) in [5.41, 5.74) is 2.78. The minimum Gasteiger partial charge on any atom is -0.353 e. The number of amides is 1. The number of piperidine rings is 1. The van der Waals surface area contributed by atoms with Gasteiger partial charge in [-0.3, -0.25) is 4.79 Å². The SMILES string of the molecule is CCN(C)C(=O)c1cnc(-c2ccc(C)cc2)nc1N1CCCCC1C. The maximum atomic E-state index is 12.9. The Morgan fingerprint density at radius 3 is 2.65 bits per heavy atom. The van der Waals surface area contributed by atoms with Crippen LogP contribution >= 0.6 is 0 Å². The van der Waals surface area contributed by atoms with Gasteiger partial charge in [-0.15, -0.1) is 0 Å². The van der Waals surface area contributed by atoms with Gasteiger partial charge in [0.1, 0.15) is 11.4 Å². The molecule has 2 aromatic rings. The molecule has 2 heterocycles. The monoisotopic (exact) mass is 352 g/mol. The van der Waals surface area contributed by atoms with Gasteiger partial charge in [0, 0.05) is 37.9 Å². The van der Waals surface area contributed by atoms with Crippen LogP contribution in [0.25, 0.3) is 11.4 Å². The zero-order valence-electron chi connectivity index (χ0n) is 16.2. The molecule has 0 radical (unpaired) electrons. The molecule has 1 fully saturated rings. The Hall–Kier alpha value is -2.43. The lowest BCUT2D eigenvalue weighted by Crippen LogP contribution is -2.40. The van der Waals surface area contributed by atoms with Gasteiger partial charge < -0.3 is 9.80 Å². The van der Waals surface area contributed by atoms with Crippen molar-refractivity contribution < 1.29 is 4.79 Å². The van der Waals surface area contributed by atoms with Gasteiger partial charge in [0.05, 0.1) is 0 Å². The Labute approximate surface area is 156 Å². The van der Waals surface area contributed by atoms with E-state index in [1.54, 1.807) is 11.1 Å². The van der Waals surface area contributed by atoms with Gasteiger partial charge in [-0.25, -0.2) is 9.97 Å². The minimum absolute atomic E-state index is 0.0178. The van der Waals surface area contributed by atoms with Crippen molar-refractivity contribution in [3.05, 3.63) is 41.6 Å². The summed E-state index contributed by atoms with van der Waals surface area (Å²) < 4.78 is 0. The third-order valence-electron chi connectivity index (χ3n) is 5.20. The molecule has 1 amide bonds. The highest BCUT2D eigenvalue weighted by Crippen LogP contribution is 2.29. The number of carbonyl (C=O) groups excluding carboxylic acids is 1. The molecule has 3 rings (SSSR count). The van der Waals surface area contributed by atoms with Crippen molar-refractivity contribution in [2.75, 3.05) is 25.0 Å². The molecule has 0 saturated carbocycles. The van der Waals surface area contributed by atoms with E-state index >= 15 is 0 Å². The highest BCUT2D eigenvalue weighted by molar-refractivity contribution is 5.98. The van der Waals surface area contributed by atoms with E-state index in [4.69, 9.17) is 4.98 Å². The molecular weight excluding hydrogens is 324 g/mol. The molecule has 1 aromatic heterocycles. The highest BCUT2D eigenvalue weighted by atomic mass is 16.2. The molecule has 0 bridgehead atoms. The second kappa shape index (κ2) is 7.85. The predicted molar refractivity (Wildman–Crippen MR) is 105 cm³/mol. The van der Waals surface area contributed by atoms with Crippen molar-refractivity contribution in [1.29, 1.82) is 0 Å². The van der Waals surface area contributed by atoms with Crippen LogP contribution in [0.4, 0.5) is 5.82 Å². The molecule has 26 heavy (non-hydrogen) atoms. The van der Waals surface area contributed by atoms with Gasteiger partial charge in [0.2, 0.25) is 0 Å². The van der Waals surface area contributed by atoms with E-state index in [0.717, 1.165) is 30.8 Å². The molecule has 0 spiro atoms. The lowest BCUT2D eigenvalue weighted by atomic mass is 10.0. The van der Waals surface area contributed by atoms with Crippen LogP contribution in [-0.4, -0.2) is 47.0 Å². The Balaban J connectivity index is 2.07. The van der Waals surface area contributed by atoms with Gasteiger partial charge in [0.15, 0.2) is 5.82 Å². The number of nitrogens with zero attached hydrogens (tertiary/aromatic N) is 4. The molecular formula is C21H28N4O. The summed E-state index contributed by atoms with van der Waals surface area (Å²) in [6.07, 6.45) is 5.19. The summed E-state index contributed by atoms with van der Waals surface area (Å²) >= 11 is 0. The van der Waals surface area contributed by atoms with Crippen LogP contribution in [0.1, 0.15) is 49.0 Å². The smallest absolute Gasteiger partial charge is 0.258 e. The maximum absolute atomic E-state index is 12.9. The van der Waals surface area contributed by atoms with Crippen LogP contribution in [0.5, 0.6) is 0 Å². The fourth-order valence-electron chi connectivity index (χ4n) is 3.35. The molecule has 1 aliphatic heterocycles. The Morgan fingerprint density at radius 1 is 1.27 bits per heavy atom. The van der Waals surface area contributed by atoms with Crippen LogP contribution in [-0.2, 0) is 0 Å². The third-order valence-corrected chi connectivity index (χ3v) is 5.20. The van der Waals surface area contributed by atoms with Crippen molar-refractivity contribution in [1.82, 2.24) is 14.9 Å². The van der Waals surface area contributed by atoms with E-state index < -0.39 is 0 Å². The van der Waals surface area contributed by atoms with Gasteiger partial charge >= 0.3 is 0 Å². The van der Waals surface area contributed by atoms with Crippen molar-refractivity contribution in [3.63, 3.8) is 0 Å². The molecule has 5 nitrogen and oxygen atoms in total. The zero-order valence-corrected chi connectivity index (χ0v) is 16.2. The lowest BCUT2D eigenvalue weighted by molar-refractivity contribution is 0.0802. The number of aromatic nitrogens is 2. The predicted octanol–water partition coefficient (Wildman–Crippen LogP) is 3.92. The van der Waals surface area contributed by atoms with Gasteiger partial charge in [-0.2, -0.15) is 0 Å². The van der Waals surface area contributed by atoms with Gasteiger partial charge in [0.25, 0.3) is 5.91 Å². The van der Waals surface area contributed by atoms with Crippen molar-refractivity contribution in [3.8, 4) is 11.4 Å². The van der Waals surface area contributed by atoms with E-state index in [0.29, 0.717) is 24.0 Å². The summed E-state index contributed by atoms with van der Waals surface area (Å²) in [5, 5.41) is 0. The fourth-order valence-corrected chi connectivity index (χ4v) is 3.35. The Bertz CT molecular complexity index is 772. The highest BCUT2D eigenvalue weighted by Gasteiger charge is 2.26. The molecule has 138 valence electrons. The third kappa shape index (κ3) is 3.71. The Kier molecular flexibility index (Phi) is 5.55. The van der Waals surface area contributed by atoms with Crippen LogP contribution in [0.3, 0.4) is 0 Å². The summed E-state index contributed by atoms with van der Waals surface area (Å²) in [6.45, 7) is 7.84. The zero-order chi connectivity index (χ0) is 18.7.